The number of nitrogens with one attached hydrogen (secondary N) is 1. The van der Waals surface area contributed by atoms with Crippen LogP contribution in [0.5, 0.6) is 0 Å². The van der Waals surface area contributed by atoms with Crippen molar-refractivity contribution in [2.75, 3.05) is 26.7 Å². The van der Waals surface area contributed by atoms with Crippen molar-refractivity contribution < 1.29 is 5.11 Å². The lowest BCUT2D eigenvalue weighted by molar-refractivity contribution is 0.0705. The minimum Gasteiger partial charge on any atom is -0.396 e. The molecule has 118 valence electrons. The van der Waals surface area contributed by atoms with E-state index in [1.807, 2.05) is 0 Å². The van der Waals surface area contributed by atoms with Crippen LogP contribution < -0.4 is 5.32 Å². The highest BCUT2D eigenvalue weighted by molar-refractivity contribution is 4.88. The van der Waals surface area contributed by atoms with E-state index in [4.69, 9.17) is 5.11 Å². The molecule has 0 heterocycles. The van der Waals surface area contributed by atoms with Crippen LogP contribution in [0.2, 0.25) is 0 Å². The van der Waals surface area contributed by atoms with Crippen LogP contribution in [0.15, 0.2) is 0 Å². The Kier molecular flexibility index (Phi) is 6.79. The van der Waals surface area contributed by atoms with Crippen molar-refractivity contribution in [3.8, 4) is 0 Å². The van der Waals surface area contributed by atoms with Gasteiger partial charge in [-0.25, -0.2) is 0 Å². The van der Waals surface area contributed by atoms with Crippen LogP contribution in [0.1, 0.15) is 58.3 Å². The zero-order chi connectivity index (χ0) is 14.4. The molecule has 2 rings (SSSR count). The molecule has 0 saturated heterocycles. The number of hydrogen-bond donors (Lipinski definition) is 2. The number of aliphatic hydroxyl groups is 1. The second-order valence-corrected chi connectivity index (χ2v) is 6.90. The molecule has 0 aromatic rings. The molecule has 2 fully saturated rings. The molecule has 0 amide bonds. The van der Waals surface area contributed by atoms with Crippen LogP contribution in [0, 0.1) is 11.8 Å². The van der Waals surface area contributed by atoms with Crippen molar-refractivity contribution in [1.82, 2.24) is 10.2 Å². The molecule has 3 nitrogen and oxygen atoms in total. The molecule has 3 heteroatoms. The van der Waals surface area contributed by atoms with Gasteiger partial charge in [-0.05, 0) is 57.4 Å². The fourth-order valence-electron chi connectivity index (χ4n) is 4.06. The van der Waals surface area contributed by atoms with E-state index in [1.165, 1.54) is 51.5 Å². The summed E-state index contributed by atoms with van der Waals surface area (Å²) < 4.78 is 0. The Labute approximate surface area is 125 Å². The molecule has 2 N–H and O–H groups in total. The van der Waals surface area contributed by atoms with E-state index in [9.17, 15) is 0 Å². The Morgan fingerprint density at radius 2 is 2.00 bits per heavy atom. The topological polar surface area (TPSA) is 35.5 Å². The highest BCUT2D eigenvalue weighted by Crippen LogP contribution is 2.34. The van der Waals surface area contributed by atoms with Crippen molar-refractivity contribution in [2.45, 2.75) is 70.4 Å². The van der Waals surface area contributed by atoms with Crippen molar-refractivity contribution in [1.29, 1.82) is 0 Å². The maximum atomic E-state index is 9.13. The van der Waals surface area contributed by atoms with Crippen molar-refractivity contribution in [3.05, 3.63) is 0 Å². The van der Waals surface area contributed by atoms with Crippen LogP contribution in [-0.2, 0) is 0 Å². The van der Waals surface area contributed by atoms with Crippen molar-refractivity contribution >= 4 is 0 Å². The molecule has 0 spiro atoms. The number of rotatable bonds is 8. The monoisotopic (exact) mass is 282 g/mol. The summed E-state index contributed by atoms with van der Waals surface area (Å²) in [7, 11) is 2.13. The average molecular weight is 282 g/mol. The normalized spacial score (nSPS) is 31.5. The Morgan fingerprint density at radius 1 is 1.20 bits per heavy atom. The minimum absolute atomic E-state index is 0.334. The number of nitrogens with zero attached hydrogens (tertiary/aromatic N) is 1. The summed E-state index contributed by atoms with van der Waals surface area (Å²) in [6.07, 6.45) is 10.6. The van der Waals surface area contributed by atoms with Crippen molar-refractivity contribution in [2.24, 2.45) is 11.8 Å². The van der Waals surface area contributed by atoms with E-state index in [0.717, 1.165) is 30.8 Å². The predicted molar refractivity (Wildman–Crippen MR) is 84.9 cm³/mol. The van der Waals surface area contributed by atoms with Gasteiger partial charge in [0.1, 0.15) is 0 Å². The number of hydrogen-bond acceptors (Lipinski definition) is 3. The van der Waals surface area contributed by atoms with Crippen LogP contribution in [0.4, 0.5) is 0 Å². The highest BCUT2D eigenvalue weighted by Gasteiger charge is 2.33. The Bertz CT molecular complexity index is 268. The minimum atomic E-state index is 0.334. The van der Waals surface area contributed by atoms with E-state index in [-0.39, 0.29) is 0 Å². The van der Waals surface area contributed by atoms with E-state index in [2.05, 4.69) is 24.2 Å². The van der Waals surface area contributed by atoms with Crippen molar-refractivity contribution in [3.63, 3.8) is 0 Å². The second-order valence-electron chi connectivity index (χ2n) is 6.90. The van der Waals surface area contributed by atoms with Gasteiger partial charge in [-0.2, -0.15) is 0 Å². The van der Waals surface area contributed by atoms with E-state index >= 15 is 0 Å². The lowest BCUT2D eigenvalue weighted by Gasteiger charge is -2.43. The van der Waals surface area contributed by atoms with Gasteiger partial charge < -0.3 is 10.4 Å². The third-order valence-corrected chi connectivity index (χ3v) is 5.70. The summed E-state index contributed by atoms with van der Waals surface area (Å²) in [5, 5.41) is 12.7. The first-order valence-electron chi connectivity index (χ1n) is 8.80. The molecule has 2 aliphatic rings. The van der Waals surface area contributed by atoms with Gasteiger partial charge in [-0.15, -0.1) is 0 Å². The fourth-order valence-corrected chi connectivity index (χ4v) is 4.06. The Hall–Kier alpha value is -0.120. The molecule has 2 aliphatic carbocycles. The molecule has 0 radical (unpaired) electrons. The van der Waals surface area contributed by atoms with Gasteiger partial charge >= 0.3 is 0 Å². The fraction of sp³-hybridized carbons (Fsp3) is 1.00. The molecule has 0 bridgehead atoms. The Morgan fingerprint density at radius 3 is 2.55 bits per heavy atom. The summed E-state index contributed by atoms with van der Waals surface area (Å²) in [4.78, 5) is 2.69. The smallest absolute Gasteiger partial charge is 0.0443 e. The predicted octanol–water partition coefficient (Wildman–Crippen LogP) is 2.64. The molecular formula is C17H34N2O. The van der Waals surface area contributed by atoms with Gasteiger partial charge in [0.05, 0.1) is 0 Å². The molecular weight excluding hydrogens is 248 g/mol. The zero-order valence-corrected chi connectivity index (χ0v) is 13.5. The quantitative estimate of drug-likeness (QED) is 0.718. The largest absolute Gasteiger partial charge is 0.396 e. The average Bonchev–Trinajstić information content (AvgIpc) is 2.42. The van der Waals surface area contributed by atoms with Gasteiger partial charge in [0.15, 0.2) is 0 Å². The summed E-state index contributed by atoms with van der Waals surface area (Å²) >= 11 is 0. The maximum Gasteiger partial charge on any atom is 0.0443 e. The van der Waals surface area contributed by atoms with Gasteiger partial charge in [0, 0.05) is 31.8 Å². The van der Waals surface area contributed by atoms with Gasteiger partial charge in [0.2, 0.25) is 0 Å². The lowest BCUT2D eigenvalue weighted by atomic mass is 9.76. The van der Waals surface area contributed by atoms with E-state index in [1.54, 1.807) is 0 Å². The summed E-state index contributed by atoms with van der Waals surface area (Å²) in [5.74, 6) is 1.74. The third-order valence-electron chi connectivity index (χ3n) is 5.70. The van der Waals surface area contributed by atoms with Crippen LogP contribution in [0.3, 0.4) is 0 Å². The number of aliphatic hydroxyl groups excluding tert-OH is 1. The first kappa shape index (κ1) is 16.3. The maximum absolute atomic E-state index is 9.13. The molecule has 2 saturated carbocycles. The summed E-state index contributed by atoms with van der Waals surface area (Å²) in [5.41, 5.74) is 0. The van der Waals surface area contributed by atoms with Gasteiger partial charge in [-0.3, -0.25) is 4.90 Å². The summed E-state index contributed by atoms with van der Waals surface area (Å²) in [6.45, 7) is 5.01. The SMILES string of the molecule is CCC1CCC(NC)C(CN(CCCO)C2CCC2)C1. The van der Waals surface area contributed by atoms with E-state index < -0.39 is 0 Å². The molecule has 3 atom stereocenters. The summed E-state index contributed by atoms with van der Waals surface area (Å²) in [6, 6.07) is 1.51. The first-order valence-corrected chi connectivity index (χ1v) is 8.80. The second kappa shape index (κ2) is 8.35. The lowest BCUT2D eigenvalue weighted by Crippen LogP contribution is -2.49. The first-order chi connectivity index (χ1) is 9.78. The van der Waals surface area contributed by atoms with Gasteiger partial charge in [-0.1, -0.05) is 19.8 Å². The standard InChI is InChI=1S/C17H34N2O/c1-3-14-8-9-17(18-2)15(12-14)13-19(10-5-11-20)16-6-4-7-16/h14-18,20H,3-13H2,1-2H3. The van der Waals surface area contributed by atoms with Crippen LogP contribution in [-0.4, -0.2) is 48.8 Å². The molecule has 0 aromatic carbocycles. The van der Waals surface area contributed by atoms with Crippen LogP contribution >= 0.6 is 0 Å². The molecule has 0 aromatic heterocycles. The molecule has 0 aliphatic heterocycles. The third kappa shape index (κ3) is 4.19. The molecule has 20 heavy (non-hydrogen) atoms. The van der Waals surface area contributed by atoms with E-state index in [0.29, 0.717) is 12.6 Å². The molecule has 3 unspecified atom stereocenters. The zero-order valence-electron chi connectivity index (χ0n) is 13.5. The highest BCUT2D eigenvalue weighted by atomic mass is 16.3. The van der Waals surface area contributed by atoms with Gasteiger partial charge in [0.25, 0.3) is 0 Å². The Balaban J connectivity index is 1.90. The van der Waals surface area contributed by atoms with Crippen LogP contribution in [0.25, 0.3) is 0 Å².